The summed E-state index contributed by atoms with van der Waals surface area (Å²) in [6.45, 7) is 11.8. The van der Waals surface area contributed by atoms with Crippen LogP contribution < -0.4 is 0 Å². The van der Waals surface area contributed by atoms with Crippen LogP contribution in [0.15, 0.2) is 0 Å². The van der Waals surface area contributed by atoms with E-state index in [1.54, 1.807) is 0 Å². The molecule has 0 fully saturated rings. The van der Waals surface area contributed by atoms with Crippen molar-refractivity contribution in [2.75, 3.05) is 39.6 Å². The van der Waals surface area contributed by atoms with E-state index in [1.165, 1.54) is 161 Å². The molecule has 0 saturated heterocycles. The molecule has 0 spiro atoms. The number of esters is 4. The molecule has 0 heterocycles. The standard InChI is InChI=1S/C71H138O17P2/c1-8-9-10-11-12-31-38-45-52-68(73)81-58-66(87-71(76)55-48-41-34-27-21-19-24-30-37-44-51-64(6)7)60-85-89(77,78)83-56-65(72)57-84-90(79,80)86-61-67(59-82-69(74)53-46-39-32-25-20-18-23-29-36-43-50-63(4)5)88-70(75)54-47-40-33-26-17-15-13-14-16-22-28-35-42-49-62(2)3/h62-67,72H,8-61H2,1-7H3,(H,77,78)(H,79,80)/t65-,66+,67+/m0/s1. The van der Waals surface area contributed by atoms with E-state index in [0.717, 1.165) is 114 Å². The minimum atomic E-state index is -4.95. The van der Waals surface area contributed by atoms with Gasteiger partial charge >= 0.3 is 39.5 Å². The number of hydrogen-bond donors (Lipinski definition) is 3. The Kier molecular flexibility index (Phi) is 60.6. The first-order valence-corrected chi connectivity index (χ1v) is 39.8. The van der Waals surface area contributed by atoms with Crippen LogP contribution >= 0.6 is 15.6 Å². The lowest BCUT2D eigenvalue weighted by molar-refractivity contribution is -0.161. The van der Waals surface area contributed by atoms with E-state index in [1.807, 2.05) is 0 Å². The van der Waals surface area contributed by atoms with Crippen LogP contribution in [-0.2, 0) is 65.4 Å². The Bertz CT molecular complexity index is 1770. The number of hydrogen-bond acceptors (Lipinski definition) is 15. The van der Waals surface area contributed by atoms with Gasteiger partial charge in [0, 0.05) is 25.7 Å². The van der Waals surface area contributed by atoms with Gasteiger partial charge in [-0.1, -0.05) is 305 Å². The maximum Gasteiger partial charge on any atom is 0.472 e. The summed E-state index contributed by atoms with van der Waals surface area (Å²) in [5.74, 6) is 0.171. The SMILES string of the molecule is CCCCCCCCCCC(=O)OC[C@H](COP(=O)(O)OC[C@H](O)COP(=O)(O)OC[C@@H](COC(=O)CCCCCCCCCCCCC(C)C)OC(=O)CCCCCCCCCCCCCCCC(C)C)OC(=O)CCCCCCCCCCCCC(C)C. The number of unbranched alkanes of at least 4 members (excludes halogenated alkanes) is 37. The van der Waals surface area contributed by atoms with Crippen LogP contribution in [0.4, 0.5) is 0 Å². The Morgan fingerprint density at radius 3 is 0.756 bits per heavy atom. The van der Waals surface area contributed by atoms with Gasteiger partial charge < -0.3 is 33.8 Å². The Morgan fingerprint density at radius 2 is 0.511 bits per heavy atom. The maximum atomic E-state index is 13.0. The van der Waals surface area contributed by atoms with Gasteiger partial charge in [-0.25, -0.2) is 9.13 Å². The Labute approximate surface area is 549 Å². The molecule has 534 valence electrons. The van der Waals surface area contributed by atoms with Gasteiger partial charge in [0.15, 0.2) is 12.2 Å². The molecule has 0 amide bonds. The van der Waals surface area contributed by atoms with Gasteiger partial charge in [0.2, 0.25) is 0 Å². The van der Waals surface area contributed by atoms with Crippen molar-refractivity contribution in [3.05, 3.63) is 0 Å². The third-order valence-electron chi connectivity index (χ3n) is 16.4. The van der Waals surface area contributed by atoms with E-state index in [-0.39, 0.29) is 25.7 Å². The molecule has 0 bridgehead atoms. The fraction of sp³-hybridized carbons (Fsp3) is 0.944. The zero-order chi connectivity index (χ0) is 66.6. The Hall–Kier alpha value is -1.94. The Morgan fingerprint density at radius 1 is 0.300 bits per heavy atom. The van der Waals surface area contributed by atoms with Crippen LogP contribution in [0.5, 0.6) is 0 Å². The number of aliphatic hydroxyl groups excluding tert-OH is 1. The molecule has 0 aromatic heterocycles. The fourth-order valence-corrected chi connectivity index (χ4v) is 12.3. The summed E-state index contributed by atoms with van der Waals surface area (Å²) in [5, 5.41) is 10.6. The summed E-state index contributed by atoms with van der Waals surface area (Å²) in [5.41, 5.74) is 0. The topological polar surface area (TPSA) is 237 Å². The smallest absolute Gasteiger partial charge is 0.462 e. The van der Waals surface area contributed by atoms with E-state index < -0.39 is 97.5 Å². The van der Waals surface area contributed by atoms with Crippen LogP contribution in [0.25, 0.3) is 0 Å². The molecule has 5 atom stereocenters. The molecule has 3 N–H and O–H groups in total. The second kappa shape index (κ2) is 61.9. The molecular formula is C71H138O17P2. The van der Waals surface area contributed by atoms with Gasteiger partial charge in [0.05, 0.1) is 26.4 Å². The van der Waals surface area contributed by atoms with Gasteiger partial charge in [0.1, 0.15) is 19.3 Å². The van der Waals surface area contributed by atoms with Crippen molar-refractivity contribution < 1.29 is 80.2 Å². The van der Waals surface area contributed by atoms with Crippen molar-refractivity contribution in [2.24, 2.45) is 17.8 Å². The summed E-state index contributed by atoms with van der Waals surface area (Å²) in [7, 11) is -9.90. The van der Waals surface area contributed by atoms with Gasteiger partial charge in [-0.2, -0.15) is 0 Å². The monoisotopic (exact) mass is 1320 g/mol. The third-order valence-corrected chi connectivity index (χ3v) is 18.3. The first-order valence-electron chi connectivity index (χ1n) is 36.8. The highest BCUT2D eigenvalue weighted by Gasteiger charge is 2.30. The summed E-state index contributed by atoms with van der Waals surface area (Å²) in [6, 6.07) is 0. The normalized spacial score (nSPS) is 14.2. The summed E-state index contributed by atoms with van der Waals surface area (Å²) >= 11 is 0. The highest BCUT2D eigenvalue weighted by Crippen LogP contribution is 2.45. The lowest BCUT2D eigenvalue weighted by Gasteiger charge is -2.21. The van der Waals surface area contributed by atoms with E-state index >= 15 is 0 Å². The fourth-order valence-electron chi connectivity index (χ4n) is 10.7. The molecule has 0 aliphatic rings. The molecule has 19 heteroatoms. The second-order valence-corrected chi connectivity index (χ2v) is 30.0. The van der Waals surface area contributed by atoms with Crippen molar-refractivity contribution in [3.63, 3.8) is 0 Å². The molecule has 0 aliphatic heterocycles. The first-order chi connectivity index (χ1) is 43.2. The van der Waals surface area contributed by atoms with Crippen molar-refractivity contribution in [2.45, 2.75) is 375 Å². The lowest BCUT2D eigenvalue weighted by Crippen LogP contribution is -2.30. The van der Waals surface area contributed by atoms with Gasteiger partial charge in [-0.15, -0.1) is 0 Å². The van der Waals surface area contributed by atoms with Gasteiger partial charge in [-0.05, 0) is 43.4 Å². The minimum absolute atomic E-state index is 0.105. The predicted molar refractivity (Wildman–Crippen MR) is 363 cm³/mol. The number of phosphoric ester groups is 2. The van der Waals surface area contributed by atoms with Crippen LogP contribution in [0, 0.1) is 17.8 Å². The van der Waals surface area contributed by atoms with Crippen LogP contribution in [0.3, 0.4) is 0 Å². The zero-order valence-electron chi connectivity index (χ0n) is 58.6. The number of rotatable bonds is 69. The highest BCUT2D eigenvalue weighted by molar-refractivity contribution is 7.47. The predicted octanol–water partition coefficient (Wildman–Crippen LogP) is 20.2. The molecule has 0 rings (SSSR count). The highest BCUT2D eigenvalue weighted by atomic mass is 31.2. The van der Waals surface area contributed by atoms with E-state index in [4.69, 9.17) is 37.0 Å². The summed E-state index contributed by atoms with van der Waals surface area (Å²) in [4.78, 5) is 72.5. The average molecular weight is 1330 g/mol. The molecule has 90 heavy (non-hydrogen) atoms. The number of phosphoric acid groups is 2. The molecule has 0 saturated carbocycles. The number of carbonyl (C=O) groups excluding carboxylic acids is 4. The summed E-state index contributed by atoms with van der Waals surface area (Å²) in [6.07, 6.45) is 45.8. The lowest BCUT2D eigenvalue weighted by atomic mass is 10.0. The zero-order valence-corrected chi connectivity index (χ0v) is 60.4. The van der Waals surface area contributed by atoms with Crippen LogP contribution in [0.2, 0.25) is 0 Å². The van der Waals surface area contributed by atoms with Gasteiger partial charge in [0.25, 0.3) is 0 Å². The van der Waals surface area contributed by atoms with E-state index in [9.17, 15) is 43.2 Å². The van der Waals surface area contributed by atoms with Crippen molar-refractivity contribution in [1.29, 1.82) is 0 Å². The third kappa shape index (κ3) is 64.8. The molecule has 0 aromatic rings. The quantitative estimate of drug-likeness (QED) is 0.0222. The molecule has 0 aliphatic carbocycles. The average Bonchev–Trinajstić information content (AvgIpc) is 2.46. The maximum absolute atomic E-state index is 13.0. The molecule has 0 aromatic carbocycles. The minimum Gasteiger partial charge on any atom is -0.462 e. The molecule has 0 radical (unpaired) electrons. The number of ether oxygens (including phenoxy) is 4. The van der Waals surface area contributed by atoms with Crippen LogP contribution in [0.1, 0.15) is 357 Å². The summed E-state index contributed by atoms with van der Waals surface area (Å²) < 4.78 is 68.3. The first kappa shape index (κ1) is 88.1. The molecule has 17 nitrogen and oxygen atoms in total. The Balaban J connectivity index is 5.23. The van der Waals surface area contributed by atoms with E-state index in [2.05, 4.69) is 48.5 Å². The van der Waals surface area contributed by atoms with Crippen LogP contribution in [-0.4, -0.2) is 96.7 Å². The second-order valence-electron chi connectivity index (χ2n) is 27.1. The number of carbonyl (C=O) groups is 4. The molecular weight excluding hydrogens is 1190 g/mol. The number of aliphatic hydroxyl groups is 1. The van der Waals surface area contributed by atoms with Crippen molar-refractivity contribution >= 4 is 39.5 Å². The van der Waals surface area contributed by atoms with E-state index in [0.29, 0.717) is 25.7 Å². The van der Waals surface area contributed by atoms with Crippen molar-refractivity contribution in [3.8, 4) is 0 Å². The van der Waals surface area contributed by atoms with Gasteiger partial charge in [-0.3, -0.25) is 37.3 Å². The largest absolute Gasteiger partial charge is 0.472 e. The van der Waals surface area contributed by atoms with Crippen molar-refractivity contribution in [1.82, 2.24) is 0 Å². The molecule has 2 unspecified atom stereocenters.